The van der Waals surface area contributed by atoms with Crippen LogP contribution in [0.3, 0.4) is 0 Å². The molecule has 2 saturated heterocycles. The predicted octanol–water partition coefficient (Wildman–Crippen LogP) is 8.17. The minimum atomic E-state index is -1.78. The average molecular weight is 962 g/mol. The van der Waals surface area contributed by atoms with Crippen LogP contribution in [0, 0.1) is 0 Å². The van der Waals surface area contributed by atoms with E-state index in [-0.39, 0.29) is 12.5 Å². The Morgan fingerprint density at radius 3 is 1.27 bits per heavy atom. The summed E-state index contributed by atoms with van der Waals surface area (Å²) in [6, 6.07) is -0.820. The molecule has 398 valence electrons. The summed E-state index contributed by atoms with van der Waals surface area (Å²) in [6.45, 7) is 2.86. The molecule has 2 heterocycles. The van der Waals surface area contributed by atoms with Crippen LogP contribution in [0.1, 0.15) is 239 Å². The van der Waals surface area contributed by atoms with Crippen LogP contribution in [-0.4, -0.2) is 140 Å². The topological polar surface area (TPSA) is 228 Å². The van der Waals surface area contributed by atoms with Crippen molar-refractivity contribution in [2.75, 3.05) is 19.8 Å². The van der Waals surface area contributed by atoms with Crippen molar-refractivity contribution in [3.8, 4) is 0 Å². The first kappa shape index (κ1) is 62.1. The van der Waals surface area contributed by atoms with Gasteiger partial charge in [0.2, 0.25) is 5.91 Å². The van der Waals surface area contributed by atoms with Gasteiger partial charge < -0.3 is 65.1 Å². The van der Waals surface area contributed by atoms with E-state index >= 15 is 0 Å². The molecule has 67 heavy (non-hydrogen) atoms. The fraction of sp³-hybridized carbons (Fsp3) is 0.981. The van der Waals surface area contributed by atoms with Crippen LogP contribution >= 0.6 is 0 Å². The molecule has 2 aliphatic rings. The zero-order chi connectivity index (χ0) is 48.9. The number of rotatable bonds is 44. The van der Waals surface area contributed by atoms with Crippen molar-refractivity contribution in [2.24, 2.45) is 0 Å². The molecule has 0 radical (unpaired) electrons. The van der Waals surface area contributed by atoms with Crippen molar-refractivity contribution in [3.05, 3.63) is 0 Å². The van der Waals surface area contributed by atoms with Gasteiger partial charge in [0.05, 0.1) is 32.0 Å². The second-order valence-electron chi connectivity index (χ2n) is 20.1. The number of nitrogens with one attached hydrogen (secondary N) is 1. The summed E-state index contributed by atoms with van der Waals surface area (Å²) < 4.78 is 22.8. The second-order valence-corrected chi connectivity index (χ2v) is 20.1. The highest BCUT2D eigenvalue weighted by atomic mass is 16.7. The fourth-order valence-electron chi connectivity index (χ4n) is 9.53. The zero-order valence-electron chi connectivity index (χ0n) is 42.4. The molecular formula is C53H103NO13. The molecule has 14 nitrogen and oxygen atoms in total. The maximum atomic E-state index is 13.2. The van der Waals surface area contributed by atoms with E-state index in [0.717, 1.165) is 51.4 Å². The molecule has 9 N–H and O–H groups in total. The quantitative estimate of drug-likeness (QED) is 0.0263. The molecule has 0 aliphatic carbocycles. The SMILES string of the molecule is CCCCCCCCCCCCCCCCCCCCCCCCCC(O)C(COC1OC(CO)C(OC2OC(CO)C(O)C(O)C2O)C(O)C1O)NC(=O)CCCCCCCCCCCC. The number of unbranched alkanes of at least 4 members (excludes halogenated alkanes) is 31. The first-order valence-electron chi connectivity index (χ1n) is 27.8. The Bertz CT molecular complexity index is 1140. The van der Waals surface area contributed by atoms with Crippen molar-refractivity contribution in [3.63, 3.8) is 0 Å². The van der Waals surface area contributed by atoms with Gasteiger partial charge in [-0.3, -0.25) is 4.79 Å². The maximum Gasteiger partial charge on any atom is 0.220 e. The van der Waals surface area contributed by atoms with E-state index < -0.39 is 86.8 Å². The molecule has 14 heteroatoms. The van der Waals surface area contributed by atoms with Crippen molar-refractivity contribution in [1.29, 1.82) is 0 Å². The largest absolute Gasteiger partial charge is 0.394 e. The summed E-state index contributed by atoms with van der Waals surface area (Å²) in [6.07, 6.45) is 25.5. The van der Waals surface area contributed by atoms with Crippen LogP contribution in [0.5, 0.6) is 0 Å². The summed E-state index contributed by atoms with van der Waals surface area (Å²) >= 11 is 0. The number of aliphatic hydroxyl groups is 8. The van der Waals surface area contributed by atoms with Gasteiger partial charge in [-0.1, -0.05) is 219 Å². The van der Waals surface area contributed by atoms with Crippen LogP contribution in [0.2, 0.25) is 0 Å². The predicted molar refractivity (Wildman–Crippen MR) is 263 cm³/mol. The van der Waals surface area contributed by atoms with Gasteiger partial charge in [-0.25, -0.2) is 0 Å². The highest BCUT2D eigenvalue weighted by molar-refractivity contribution is 5.76. The summed E-state index contributed by atoms with van der Waals surface area (Å²) in [4.78, 5) is 13.2. The van der Waals surface area contributed by atoms with Crippen molar-refractivity contribution < 1.29 is 64.6 Å². The lowest BCUT2D eigenvalue weighted by molar-refractivity contribution is -0.359. The Balaban J connectivity index is 1.73. The van der Waals surface area contributed by atoms with E-state index in [4.69, 9.17) is 18.9 Å². The Labute approximate surface area is 406 Å². The molecule has 0 aromatic heterocycles. The highest BCUT2D eigenvalue weighted by Gasteiger charge is 2.51. The van der Waals surface area contributed by atoms with E-state index in [1.165, 1.54) is 161 Å². The molecular weight excluding hydrogens is 859 g/mol. The second kappa shape index (κ2) is 40.6. The Morgan fingerprint density at radius 2 is 0.851 bits per heavy atom. The van der Waals surface area contributed by atoms with Crippen LogP contribution in [0.15, 0.2) is 0 Å². The number of ether oxygens (including phenoxy) is 4. The first-order valence-corrected chi connectivity index (χ1v) is 27.8. The van der Waals surface area contributed by atoms with Gasteiger partial charge in [0.1, 0.15) is 48.8 Å². The van der Waals surface area contributed by atoms with Gasteiger partial charge in [-0.15, -0.1) is 0 Å². The number of carbonyl (C=O) groups is 1. The molecule has 0 bridgehead atoms. The standard InChI is InChI=1S/C53H103NO13/c1-3-5-7-9-11-13-15-16-17-18-19-20-21-22-23-24-25-26-27-28-30-32-34-36-42(57)41(54-45(58)37-35-33-31-29-14-12-10-8-6-4-2)40-64-52-50(63)48(61)51(44(39-56)66-52)67-53-49(62)47(60)46(59)43(38-55)65-53/h41-44,46-53,55-57,59-63H,3-40H2,1-2H3,(H,54,58). The van der Waals surface area contributed by atoms with Crippen molar-refractivity contribution in [2.45, 2.75) is 312 Å². The lowest BCUT2D eigenvalue weighted by Crippen LogP contribution is -2.65. The lowest BCUT2D eigenvalue weighted by atomic mass is 9.97. The first-order chi connectivity index (χ1) is 32.6. The third kappa shape index (κ3) is 27.4. The molecule has 12 unspecified atom stereocenters. The number of amides is 1. The highest BCUT2D eigenvalue weighted by Crippen LogP contribution is 2.30. The Hall–Kier alpha value is -1.01. The molecule has 2 fully saturated rings. The molecule has 2 aliphatic heterocycles. The van der Waals surface area contributed by atoms with Gasteiger partial charge in [0.15, 0.2) is 12.6 Å². The van der Waals surface area contributed by atoms with E-state index in [1.807, 2.05) is 0 Å². The third-order valence-corrected chi connectivity index (χ3v) is 14.1. The Morgan fingerprint density at radius 1 is 0.478 bits per heavy atom. The van der Waals surface area contributed by atoms with Gasteiger partial charge in [0, 0.05) is 6.42 Å². The molecule has 0 spiro atoms. The van der Waals surface area contributed by atoms with Gasteiger partial charge >= 0.3 is 0 Å². The van der Waals surface area contributed by atoms with E-state index in [9.17, 15) is 45.6 Å². The van der Waals surface area contributed by atoms with E-state index in [1.54, 1.807) is 0 Å². The average Bonchev–Trinajstić information content (AvgIpc) is 3.32. The summed E-state index contributed by atoms with van der Waals surface area (Å²) in [5.41, 5.74) is 0. The number of aliphatic hydroxyl groups excluding tert-OH is 8. The van der Waals surface area contributed by atoms with E-state index in [0.29, 0.717) is 12.8 Å². The molecule has 12 atom stereocenters. The molecule has 0 aromatic rings. The minimum Gasteiger partial charge on any atom is -0.394 e. The van der Waals surface area contributed by atoms with Gasteiger partial charge in [-0.05, 0) is 12.8 Å². The van der Waals surface area contributed by atoms with Crippen LogP contribution < -0.4 is 5.32 Å². The molecule has 2 rings (SSSR count). The number of hydrogen-bond acceptors (Lipinski definition) is 13. The van der Waals surface area contributed by atoms with Gasteiger partial charge in [0.25, 0.3) is 0 Å². The Kier molecular flexibility index (Phi) is 37.6. The minimum absolute atomic E-state index is 0.206. The maximum absolute atomic E-state index is 13.2. The normalized spacial score (nSPS) is 26.5. The number of carbonyl (C=O) groups excluding carboxylic acids is 1. The van der Waals surface area contributed by atoms with Crippen LogP contribution in [0.4, 0.5) is 0 Å². The summed E-state index contributed by atoms with van der Waals surface area (Å²) in [5.74, 6) is -0.206. The smallest absolute Gasteiger partial charge is 0.220 e. The number of hydrogen-bond donors (Lipinski definition) is 9. The van der Waals surface area contributed by atoms with Crippen molar-refractivity contribution >= 4 is 5.91 Å². The lowest BCUT2D eigenvalue weighted by Gasteiger charge is -2.46. The summed E-state index contributed by atoms with van der Waals surface area (Å²) in [5, 5.41) is 86.9. The summed E-state index contributed by atoms with van der Waals surface area (Å²) in [7, 11) is 0. The molecule has 0 aromatic carbocycles. The fourth-order valence-corrected chi connectivity index (χ4v) is 9.53. The third-order valence-electron chi connectivity index (χ3n) is 14.1. The monoisotopic (exact) mass is 962 g/mol. The van der Waals surface area contributed by atoms with Crippen molar-refractivity contribution in [1.82, 2.24) is 5.32 Å². The molecule has 1 amide bonds. The molecule has 0 saturated carbocycles. The van der Waals surface area contributed by atoms with Crippen LogP contribution in [0.25, 0.3) is 0 Å². The zero-order valence-corrected chi connectivity index (χ0v) is 42.4. The van der Waals surface area contributed by atoms with Gasteiger partial charge in [-0.2, -0.15) is 0 Å². The van der Waals surface area contributed by atoms with Crippen LogP contribution in [-0.2, 0) is 23.7 Å². The van der Waals surface area contributed by atoms with E-state index in [2.05, 4.69) is 19.2 Å².